The molecule has 0 bridgehead atoms. The number of halogens is 3. The van der Waals surface area contributed by atoms with Gasteiger partial charge in [-0.1, -0.05) is 18.2 Å². The standard InChI is InChI=1S/C15H17F3N2/c1-11(5-4-8-15(16,17)18)20-13-9-12-6-2-3-7-14(12)19-10-13/h2-3,6-7,9-11,20H,4-5,8H2,1H3. The van der Waals surface area contributed by atoms with Crippen LogP contribution in [-0.4, -0.2) is 17.2 Å². The summed E-state index contributed by atoms with van der Waals surface area (Å²) in [5, 5.41) is 4.20. The molecule has 2 nitrogen and oxygen atoms in total. The SMILES string of the molecule is CC(CCCC(F)(F)F)Nc1cnc2ccccc2c1. The lowest BCUT2D eigenvalue weighted by atomic mass is 10.1. The highest BCUT2D eigenvalue weighted by Gasteiger charge is 2.26. The molecule has 5 heteroatoms. The molecule has 1 aromatic carbocycles. The van der Waals surface area contributed by atoms with Crippen molar-refractivity contribution in [1.82, 2.24) is 4.98 Å². The molecule has 1 aromatic heterocycles. The zero-order valence-electron chi connectivity index (χ0n) is 11.2. The van der Waals surface area contributed by atoms with E-state index in [2.05, 4.69) is 10.3 Å². The van der Waals surface area contributed by atoms with Gasteiger partial charge in [0.2, 0.25) is 0 Å². The van der Waals surface area contributed by atoms with Crippen LogP contribution in [0.1, 0.15) is 26.2 Å². The summed E-state index contributed by atoms with van der Waals surface area (Å²) in [4.78, 5) is 4.31. The van der Waals surface area contributed by atoms with E-state index in [-0.39, 0.29) is 12.5 Å². The van der Waals surface area contributed by atoms with Crippen LogP contribution in [0.3, 0.4) is 0 Å². The molecule has 0 amide bonds. The van der Waals surface area contributed by atoms with E-state index >= 15 is 0 Å². The minimum atomic E-state index is -4.07. The van der Waals surface area contributed by atoms with Crippen LogP contribution in [0.15, 0.2) is 36.5 Å². The molecule has 0 aliphatic heterocycles. The predicted molar refractivity (Wildman–Crippen MR) is 74.7 cm³/mol. The molecule has 2 aromatic rings. The van der Waals surface area contributed by atoms with E-state index < -0.39 is 12.6 Å². The van der Waals surface area contributed by atoms with Crippen LogP contribution in [0, 0.1) is 0 Å². The van der Waals surface area contributed by atoms with Crippen LogP contribution in [0.5, 0.6) is 0 Å². The Hall–Kier alpha value is -1.78. The number of fused-ring (bicyclic) bond motifs is 1. The number of para-hydroxylation sites is 1. The van der Waals surface area contributed by atoms with Gasteiger partial charge < -0.3 is 5.32 Å². The van der Waals surface area contributed by atoms with E-state index in [0.717, 1.165) is 16.6 Å². The van der Waals surface area contributed by atoms with Crippen molar-refractivity contribution in [2.75, 3.05) is 5.32 Å². The van der Waals surface area contributed by atoms with Gasteiger partial charge in [0, 0.05) is 17.8 Å². The van der Waals surface area contributed by atoms with E-state index in [4.69, 9.17) is 0 Å². The lowest BCUT2D eigenvalue weighted by molar-refractivity contribution is -0.135. The van der Waals surface area contributed by atoms with E-state index in [1.165, 1.54) is 0 Å². The third-order valence-corrected chi connectivity index (χ3v) is 3.10. The molecule has 20 heavy (non-hydrogen) atoms. The topological polar surface area (TPSA) is 24.9 Å². The Bertz CT molecular complexity index is 566. The van der Waals surface area contributed by atoms with E-state index in [1.807, 2.05) is 37.3 Å². The zero-order chi connectivity index (χ0) is 14.6. The van der Waals surface area contributed by atoms with Crippen molar-refractivity contribution in [2.24, 2.45) is 0 Å². The molecule has 1 atom stereocenters. The highest BCUT2D eigenvalue weighted by Crippen LogP contribution is 2.23. The molecular formula is C15H17F3N2. The molecular weight excluding hydrogens is 265 g/mol. The lowest BCUT2D eigenvalue weighted by Gasteiger charge is -2.15. The van der Waals surface area contributed by atoms with Crippen LogP contribution in [0.4, 0.5) is 18.9 Å². The highest BCUT2D eigenvalue weighted by molar-refractivity contribution is 5.81. The van der Waals surface area contributed by atoms with Crippen molar-refractivity contribution in [3.05, 3.63) is 36.5 Å². The van der Waals surface area contributed by atoms with Crippen molar-refractivity contribution in [3.8, 4) is 0 Å². The summed E-state index contributed by atoms with van der Waals surface area (Å²) in [6.07, 6.45) is -2.47. The fourth-order valence-electron chi connectivity index (χ4n) is 2.12. The number of nitrogens with zero attached hydrogens (tertiary/aromatic N) is 1. The Balaban J connectivity index is 1.91. The number of nitrogens with one attached hydrogen (secondary N) is 1. The molecule has 1 heterocycles. The van der Waals surface area contributed by atoms with Crippen LogP contribution >= 0.6 is 0 Å². The minimum Gasteiger partial charge on any atom is -0.381 e. The van der Waals surface area contributed by atoms with Crippen LogP contribution in [0.2, 0.25) is 0 Å². The average molecular weight is 282 g/mol. The molecule has 0 saturated heterocycles. The number of rotatable bonds is 5. The van der Waals surface area contributed by atoms with Crippen molar-refractivity contribution in [3.63, 3.8) is 0 Å². The van der Waals surface area contributed by atoms with Crippen molar-refractivity contribution in [2.45, 2.75) is 38.4 Å². The monoisotopic (exact) mass is 282 g/mol. The number of benzene rings is 1. The first-order valence-electron chi connectivity index (χ1n) is 6.62. The van der Waals surface area contributed by atoms with Crippen LogP contribution in [-0.2, 0) is 0 Å². The third-order valence-electron chi connectivity index (χ3n) is 3.10. The van der Waals surface area contributed by atoms with Gasteiger partial charge in [0.25, 0.3) is 0 Å². The van der Waals surface area contributed by atoms with Gasteiger partial charge in [-0.05, 0) is 31.9 Å². The first-order valence-corrected chi connectivity index (χ1v) is 6.62. The summed E-state index contributed by atoms with van der Waals surface area (Å²) in [7, 11) is 0. The number of hydrogen-bond acceptors (Lipinski definition) is 2. The first kappa shape index (κ1) is 14.6. The molecule has 0 radical (unpaired) electrons. The summed E-state index contributed by atoms with van der Waals surface area (Å²) in [5.74, 6) is 0. The fourth-order valence-corrected chi connectivity index (χ4v) is 2.12. The Morgan fingerprint density at radius 2 is 2.00 bits per heavy atom. The lowest BCUT2D eigenvalue weighted by Crippen LogP contribution is -2.16. The Morgan fingerprint density at radius 1 is 1.25 bits per heavy atom. The van der Waals surface area contributed by atoms with Gasteiger partial charge in [0.05, 0.1) is 17.4 Å². The third kappa shape index (κ3) is 4.40. The molecule has 1 unspecified atom stereocenters. The highest BCUT2D eigenvalue weighted by atomic mass is 19.4. The van der Waals surface area contributed by atoms with Gasteiger partial charge in [0.15, 0.2) is 0 Å². The number of aromatic nitrogens is 1. The second-order valence-electron chi connectivity index (χ2n) is 4.97. The summed E-state index contributed by atoms with van der Waals surface area (Å²) < 4.78 is 36.2. The van der Waals surface area contributed by atoms with Crippen molar-refractivity contribution >= 4 is 16.6 Å². The number of hydrogen-bond donors (Lipinski definition) is 1. The van der Waals surface area contributed by atoms with Gasteiger partial charge in [-0.3, -0.25) is 4.98 Å². The second kappa shape index (κ2) is 6.11. The van der Waals surface area contributed by atoms with E-state index in [0.29, 0.717) is 6.42 Å². The summed E-state index contributed by atoms with van der Waals surface area (Å²) in [6, 6.07) is 9.68. The maximum absolute atomic E-state index is 12.1. The predicted octanol–water partition coefficient (Wildman–Crippen LogP) is 4.77. The Morgan fingerprint density at radius 3 is 2.75 bits per heavy atom. The minimum absolute atomic E-state index is 0.0136. The van der Waals surface area contributed by atoms with Crippen LogP contribution in [0.25, 0.3) is 10.9 Å². The summed E-state index contributed by atoms with van der Waals surface area (Å²) >= 11 is 0. The van der Waals surface area contributed by atoms with Crippen molar-refractivity contribution < 1.29 is 13.2 Å². The number of anilines is 1. The second-order valence-corrected chi connectivity index (χ2v) is 4.97. The molecule has 0 aliphatic carbocycles. The molecule has 2 rings (SSSR count). The van der Waals surface area contributed by atoms with Gasteiger partial charge in [0.1, 0.15) is 0 Å². The molecule has 0 aliphatic rings. The smallest absolute Gasteiger partial charge is 0.381 e. The molecule has 108 valence electrons. The summed E-state index contributed by atoms with van der Waals surface area (Å²) in [6.45, 7) is 1.88. The van der Waals surface area contributed by atoms with Gasteiger partial charge in [-0.15, -0.1) is 0 Å². The maximum Gasteiger partial charge on any atom is 0.389 e. The molecule has 0 fully saturated rings. The van der Waals surface area contributed by atoms with E-state index in [9.17, 15) is 13.2 Å². The largest absolute Gasteiger partial charge is 0.389 e. The van der Waals surface area contributed by atoms with Crippen molar-refractivity contribution in [1.29, 1.82) is 0 Å². The normalized spacial score (nSPS) is 13.4. The number of alkyl halides is 3. The molecule has 0 spiro atoms. The van der Waals surface area contributed by atoms with Gasteiger partial charge in [-0.2, -0.15) is 13.2 Å². The quantitative estimate of drug-likeness (QED) is 0.854. The van der Waals surface area contributed by atoms with Crippen LogP contribution < -0.4 is 5.32 Å². The maximum atomic E-state index is 12.1. The molecule has 1 N–H and O–H groups in total. The molecule has 0 saturated carbocycles. The average Bonchev–Trinajstić information content (AvgIpc) is 2.37. The zero-order valence-corrected chi connectivity index (χ0v) is 11.2. The Kier molecular flexibility index (Phi) is 4.47. The Labute approximate surface area is 116 Å². The first-order chi connectivity index (χ1) is 9.44. The fraction of sp³-hybridized carbons (Fsp3) is 0.400. The van der Waals surface area contributed by atoms with Gasteiger partial charge in [-0.25, -0.2) is 0 Å². The summed E-state index contributed by atoms with van der Waals surface area (Å²) in [5.41, 5.74) is 1.74. The number of pyridine rings is 1. The van der Waals surface area contributed by atoms with E-state index in [1.54, 1.807) is 6.20 Å². The van der Waals surface area contributed by atoms with Gasteiger partial charge >= 0.3 is 6.18 Å².